The molecule has 0 atom stereocenters. The van der Waals surface area contributed by atoms with Crippen LogP contribution in [0.1, 0.15) is 48.4 Å². The molecule has 0 heterocycles. The van der Waals surface area contributed by atoms with Gasteiger partial charge in [-0.15, -0.1) is 0 Å². The van der Waals surface area contributed by atoms with Crippen molar-refractivity contribution in [1.82, 2.24) is 10.6 Å². The van der Waals surface area contributed by atoms with Gasteiger partial charge in [0.05, 0.1) is 0 Å². The Bertz CT molecular complexity index is 1270. The Morgan fingerprint density at radius 3 is 0.857 bits per heavy atom. The number of carbonyl (C=O) groups is 4. The van der Waals surface area contributed by atoms with Crippen LogP contribution in [0.5, 0.6) is 0 Å². The predicted octanol–water partition coefficient (Wildman–Crippen LogP) is 5.35. The van der Waals surface area contributed by atoms with Crippen molar-refractivity contribution in [3.05, 3.63) is 83.9 Å². The van der Waals surface area contributed by atoms with Gasteiger partial charge in [-0.25, -0.2) is 9.59 Å². The van der Waals surface area contributed by atoms with Crippen LogP contribution < -0.4 is 30.2 Å². The lowest BCUT2D eigenvalue weighted by molar-refractivity contribution is 0.0955. The van der Waals surface area contributed by atoms with Gasteiger partial charge in [-0.2, -0.15) is 0 Å². The summed E-state index contributed by atoms with van der Waals surface area (Å²) in [6.45, 7) is 9.39. The highest BCUT2D eigenvalue weighted by Crippen LogP contribution is 2.26. The second kappa shape index (κ2) is 14.7. The van der Waals surface area contributed by atoms with Crippen molar-refractivity contribution in [2.45, 2.75) is 27.7 Å². The summed E-state index contributed by atoms with van der Waals surface area (Å²) < 4.78 is 0. The summed E-state index contributed by atoms with van der Waals surface area (Å²) >= 11 is 0. The molecule has 0 aliphatic rings. The molecule has 6 amide bonds. The monoisotopic (exact) mass is 572 g/mol. The Balaban J connectivity index is 1.81. The molecule has 0 fully saturated rings. The minimum atomic E-state index is -0.193. The van der Waals surface area contributed by atoms with E-state index in [1.807, 2.05) is 52.0 Å². The van der Waals surface area contributed by atoms with Crippen LogP contribution in [0.3, 0.4) is 0 Å². The lowest BCUT2D eigenvalue weighted by atomic mass is 10.2. The Hall–Kier alpha value is -4.86. The highest BCUT2D eigenvalue weighted by atomic mass is 16.2. The SMILES string of the molecule is CCN(C(=O)N(CC)c1ccc(N(CC)C(=O)N(CC)c2ccc(C(=O)NC)cc2)cc1)c1ccc(C(=O)NC)cc1. The Morgan fingerprint density at radius 2 is 0.667 bits per heavy atom. The van der Waals surface area contributed by atoms with Gasteiger partial charge in [-0.1, -0.05) is 0 Å². The smallest absolute Gasteiger partial charge is 0.328 e. The van der Waals surface area contributed by atoms with Crippen LogP contribution in [0.4, 0.5) is 32.3 Å². The molecule has 10 heteroatoms. The van der Waals surface area contributed by atoms with Gasteiger partial charge in [0.25, 0.3) is 11.8 Å². The van der Waals surface area contributed by atoms with Crippen molar-refractivity contribution in [3.63, 3.8) is 0 Å². The van der Waals surface area contributed by atoms with Gasteiger partial charge in [-0.05, 0) is 100 Å². The zero-order chi connectivity index (χ0) is 30.8. The maximum absolute atomic E-state index is 13.6. The minimum Gasteiger partial charge on any atom is -0.355 e. The topological polar surface area (TPSA) is 105 Å². The average molecular weight is 573 g/mol. The van der Waals surface area contributed by atoms with Crippen molar-refractivity contribution >= 4 is 46.6 Å². The molecule has 10 nitrogen and oxygen atoms in total. The summed E-state index contributed by atoms with van der Waals surface area (Å²) in [4.78, 5) is 57.7. The van der Waals surface area contributed by atoms with Gasteiger partial charge in [0.2, 0.25) is 0 Å². The fraction of sp³-hybridized carbons (Fsp3) is 0.312. The van der Waals surface area contributed by atoms with Crippen LogP contribution >= 0.6 is 0 Å². The Kier molecular flexibility index (Phi) is 11.1. The van der Waals surface area contributed by atoms with Gasteiger partial charge in [0, 0.05) is 74.2 Å². The second-order valence-electron chi connectivity index (χ2n) is 9.31. The molecule has 0 saturated heterocycles. The zero-order valence-corrected chi connectivity index (χ0v) is 25.2. The highest BCUT2D eigenvalue weighted by Gasteiger charge is 2.24. The van der Waals surface area contributed by atoms with Crippen LogP contribution in [0.15, 0.2) is 72.8 Å². The Labute approximate surface area is 247 Å². The van der Waals surface area contributed by atoms with E-state index >= 15 is 0 Å². The minimum absolute atomic E-state index is 0.188. The molecule has 2 N–H and O–H groups in total. The number of urea groups is 2. The van der Waals surface area contributed by atoms with E-state index < -0.39 is 0 Å². The van der Waals surface area contributed by atoms with Crippen LogP contribution in [0, 0.1) is 0 Å². The molecule has 0 aliphatic heterocycles. The summed E-state index contributed by atoms with van der Waals surface area (Å²) in [5.41, 5.74) is 3.82. The molecule has 3 aromatic carbocycles. The number of rotatable bonds is 10. The molecule has 3 aromatic rings. The molecule has 0 bridgehead atoms. The first-order chi connectivity index (χ1) is 20.2. The summed E-state index contributed by atoms with van der Waals surface area (Å²) in [6, 6.07) is 20.8. The largest absolute Gasteiger partial charge is 0.355 e. The molecule has 0 spiro atoms. The number of nitrogens with zero attached hydrogens (tertiary/aromatic N) is 4. The molecule has 0 aromatic heterocycles. The van der Waals surface area contributed by atoms with Gasteiger partial charge in [-0.3, -0.25) is 29.2 Å². The maximum Gasteiger partial charge on any atom is 0.328 e. The van der Waals surface area contributed by atoms with Crippen molar-refractivity contribution < 1.29 is 19.2 Å². The summed E-state index contributed by atoms with van der Waals surface area (Å²) in [5, 5.41) is 5.19. The van der Waals surface area contributed by atoms with E-state index in [1.165, 1.54) is 0 Å². The number of nitrogens with one attached hydrogen (secondary N) is 2. The fourth-order valence-corrected chi connectivity index (χ4v) is 4.69. The van der Waals surface area contributed by atoms with Gasteiger partial charge in [0.1, 0.15) is 0 Å². The first-order valence-electron chi connectivity index (χ1n) is 14.2. The third-order valence-corrected chi connectivity index (χ3v) is 7.00. The van der Waals surface area contributed by atoms with E-state index in [9.17, 15) is 19.2 Å². The van der Waals surface area contributed by atoms with E-state index in [4.69, 9.17) is 0 Å². The third kappa shape index (κ3) is 6.88. The number of anilines is 4. The standard InChI is InChI=1S/C32H40N6O4/c1-7-35(25-15-11-23(12-16-25)29(39)33-5)31(41)37(9-3)27-19-21-28(22-20-27)38(10-4)32(42)36(8-2)26-17-13-24(14-18-26)30(40)34-6/h11-22H,7-10H2,1-6H3,(H,33,39)(H,34,40). The number of benzene rings is 3. The fourth-order valence-electron chi connectivity index (χ4n) is 4.69. The summed E-state index contributed by atoms with van der Waals surface area (Å²) in [7, 11) is 3.15. The van der Waals surface area contributed by atoms with Crippen molar-refractivity contribution in [3.8, 4) is 0 Å². The molecule has 0 radical (unpaired) electrons. The molecular weight excluding hydrogens is 532 g/mol. The van der Waals surface area contributed by atoms with Crippen molar-refractivity contribution in [2.75, 3.05) is 59.9 Å². The van der Waals surface area contributed by atoms with E-state index in [0.717, 1.165) is 0 Å². The lowest BCUT2D eigenvalue weighted by Gasteiger charge is -2.31. The molecule has 42 heavy (non-hydrogen) atoms. The van der Waals surface area contributed by atoms with Crippen molar-refractivity contribution in [1.29, 1.82) is 0 Å². The second-order valence-corrected chi connectivity index (χ2v) is 9.31. The lowest BCUT2D eigenvalue weighted by Crippen LogP contribution is -2.44. The van der Waals surface area contributed by atoms with E-state index in [-0.39, 0.29) is 23.9 Å². The van der Waals surface area contributed by atoms with Crippen LogP contribution in [0.25, 0.3) is 0 Å². The number of amides is 6. The summed E-state index contributed by atoms with van der Waals surface area (Å²) in [5.74, 6) is -0.376. The summed E-state index contributed by atoms with van der Waals surface area (Å²) in [6.07, 6.45) is 0. The Morgan fingerprint density at radius 1 is 0.452 bits per heavy atom. The first-order valence-corrected chi connectivity index (χ1v) is 14.2. The number of hydrogen-bond acceptors (Lipinski definition) is 4. The third-order valence-electron chi connectivity index (χ3n) is 7.00. The van der Waals surface area contributed by atoms with E-state index in [2.05, 4.69) is 10.6 Å². The van der Waals surface area contributed by atoms with Gasteiger partial charge in [0.15, 0.2) is 0 Å². The van der Waals surface area contributed by atoms with Gasteiger partial charge < -0.3 is 10.6 Å². The normalized spacial score (nSPS) is 10.4. The predicted molar refractivity (Wildman–Crippen MR) is 169 cm³/mol. The average Bonchev–Trinajstić information content (AvgIpc) is 3.03. The first kappa shape index (κ1) is 31.7. The van der Waals surface area contributed by atoms with E-state index in [1.54, 1.807) is 82.2 Å². The zero-order valence-electron chi connectivity index (χ0n) is 25.2. The van der Waals surface area contributed by atoms with E-state index in [0.29, 0.717) is 60.1 Å². The van der Waals surface area contributed by atoms with Gasteiger partial charge >= 0.3 is 12.1 Å². The maximum atomic E-state index is 13.6. The van der Waals surface area contributed by atoms with Crippen LogP contribution in [0.2, 0.25) is 0 Å². The highest BCUT2D eigenvalue weighted by molar-refractivity contribution is 6.06. The molecule has 3 rings (SSSR count). The van der Waals surface area contributed by atoms with Crippen LogP contribution in [-0.2, 0) is 0 Å². The quantitative estimate of drug-likeness (QED) is 0.342. The van der Waals surface area contributed by atoms with Crippen LogP contribution in [-0.4, -0.2) is 64.2 Å². The molecule has 222 valence electrons. The van der Waals surface area contributed by atoms with Crippen molar-refractivity contribution in [2.24, 2.45) is 0 Å². The molecule has 0 unspecified atom stereocenters. The number of carbonyl (C=O) groups excluding carboxylic acids is 4. The number of hydrogen-bond donors (Lipinski definition) is 2. The molecule has 0 aliphatic carbocycles. The molecule has 0 saturated carbocycles. The molecular formula is C32H40N6O4.